The Kier molecular flexibility index (Phi) is 2.36. The lowest BCUT2D eigenvalue weighted by Gasteiger charge is -2.27. The molecular formula is C10H11NO3S. The van der Waals surface area contributed by atoms with Crippen molar-refractivity contribution < 1.29 is 15.1 Å². The molecule has 1 atom stereocenters. The molecule has 0 aliphatic carbocycles. The Morgan fingerprint density at radius 2 is 2.33 bits per heavy atom. The van der Waals surface area contributed by atoms with Crippen LogP contribution in [0.2, 0.25) is 0 Å². The highest BCUT2D eigenvalue weighted by molar-refractivity contribution is 8.02. The van der Waals surface area contributed by atoms with Crippen LogP contribution in [0.4, 0.5) is 5.69 Å². The van der Waals surface area contributed by atoms with Crippen LogP contribution in [-0.2, 0) is 4.79 Å². The molecule has 1 aliphatic rings. The predicted octanol–water partition coefficient (Wildman–Crippen LogP) is 2.00. The second-order valence-corrected chi connectivity index (χ2v) is 4.70. The number of aromatic hydroxyl groups is 1. The summed E-state index contributed by atoms with van der Waals surface area (Å²) >= 11 is 1.25. The van der Waals surface area contributed by atoms with E-state index in [4.69, 9.17) is 0 Å². The molecule has 0 saturated carbocycles. The van der Waals surface area contributed by atoms with Crippen LogP contribution in [0.15, 0.2) is 23.1 Å². The molecule has 1 unspecified atom stereocenters. The summed E-state index contributed by atoms with van der Waals surface area (Å²) in [5.41, 5.74) is 0.316. The van der Waals surface area contributed by atoms with Crippen molar-refractivity contribution in [3.63, 3.8) is 0 Å². The number of fused-ring (bicyclic) bond motifs is 1. The summed E-state index contributed by atoms with van der Waals surface area (Å²) < 4.78 is 0. The van der Waals surface area contributed by atoms with E-state index in [1.165, 1.54) is 17.8 Å². The van der Waals surface area contributed by atoms with E-state index in [1.54, 1.807) is 12.1 Å². The summed E-state index contributed by atoms with van der Waals surface area (Å²) in [6.45, 7) is 1.81. The number of phenols is 1. The SMILES string of the molecule is CCC1(C=O)Sc2cccc(O)c2N1O. The molecule has 0 saturated heterocycles. The lowest BCUT2D eigenvalue weighted by Crippen LogP contribution is -2.41. The second-order valence-electron chi connectivity index (χ2n) is 3.35. The Bertz CT molecular complexity index is 410. The average molecular weight is 225 g/mol. The van der Waals surface area contributed by atoms with E-state index >= 15 is 0 Å². The number of rotatable bonds is 2. The lowest BCUT2D eigenvalue weighted by atomic mass is 10.2. The zero-order chi connectivity index (χ0) is 11.1. The molecule has 0 amide bonds. The fourth-order valence-corrected chi connectivity index (χ4v) is 2.79. The Morgan fingerprint density at radius 3 is 2.87 bits per heavy atom. The van der Waals surface area contributed by atoms with Gasteiger partial charge in [0.25, 0.3) is 0 Å². The third-order valence-electron chi connectivity index (χ3n) is 2.53. The summed E-state index contributed by atoms with van der Waals surface area (Å²) in [4.78, 5) is 10.8. The molecule has 0 spiro atoms. The molecule has 80 valence electrons. The number of phenolic OH excluding ortho intramolecular Hbond substituents is 1. The first-order valence-electron chi connectivity index (χ1n) is 4.61. The number of aldehydes is 1. The number of thioether (sulfide) groups is 1. The predicted molar refractivity (Wildman–Crippen MR) is 57.3 cm³/mol. The van der Waals surface area contributed by atoms with Crippen molar-refractivity contribution in [2.24, 2.45) is 0 Å². The quantitative estimate of drug-likeness (QED) is 0.754. The van der Waals surface area contributed by atoms with Gasteiger partial charge in [-0.2, -0.15) is 0 Å². The molecule has 5 heteroatoms. The molecule has 1 aromatic rings. The molecule has 0 fully saturated rings. The first-order valence-corrected chi connectivity index (χ1v) is 5.42. The number of carbonyl (C=O) groups excluding carboxylic acids is 1. The molecule has 0 radical (unpaired) electrons. The number of benzene rings is 1. The fraction of sp³-hybridized carbons (Fsp3) is 0.300. The van der Waals surface area contributed by atoms with E-state index in [0.717, 1.165) is 5.06 Å². The Morgan fingerprint density at radius 1 is 1.60 bits per heavy atom. The van der Waals surface area contributed by atoms with E-state index in [-0.39, 0.29) is 5.75 Å². The van der Waals surface area contributed by atoms with Crippen LogP contribution >= 0.6 is 11.8 Å². The minimum Gasteiger partial charge on any atom is -0.506 e. The monoisotopic (exact) mass is 225 g/mol. The summed E-state index contributed by atoms with van der Waals surface area (Å²) in [7, 11) is 0. The minimum atomic E-state index is -0.999. The van der Waals surface area contributed by atoms with Gasteiger partial charge in [0, 0.05) is 4.90 Å². The van der Waals surface area contributed by atoms with Crippen molar-refractivity contribution >= 4 is 23.7 Å². The van der Waals surface area contributed by atoms with Crippen molar-refractivity contribution in [2.75, 3.05) is 5.06 Å². The average Bonchev–Trinajstić information content (AvgIpc) is 2.54. The van der Waals surface area contributed by atoms with Gasteiger partial charge in [-0.15, -0.1) is 0 Å². The molecule has 1 aromatic carbocycles. The van der Waals surface area contributed by atoms with E-state index < -0.39 is 4.87 Å². The zero-order valence-corrected chi connectivity index (χ0v) is 8.99. The fourth-order valence-electron chi connectivity index (χ4n) is 1.61. The van der Waals surface area contributed by atoms with Crippen molar-refractivity contribution in [1.29, 1.82) is 0 Å². The molecule has 4 nitrogen and oxygen atoms in total. The van der Waals surface area contributed by atoms with Gasteiger partial charge in [0.15, 0.2) is 11.2 Å². The Hall–Kier alpha value is -1.20. The molecule has 1 heterocycles. The van der Waals surface area contributed by atoms with Crippen LogP contribution in [0.5, 0.6) is 5.75 Å². The second kappa shape index (κ2) is 3.43. The van der Waals surface area contributed by atoms with Crippen LogP contribution in [0.1, 0.15) is 13.3 Å². The molecular weight excluding hydrogens is 214 g/mol. The van der Waals surface area contributed by atoms with Crippen LogP contribution in [0.3, 0.4) is 0 Å². The van der Waals surface area contributed by atoms with Gasteiger partial charge in [0.1, 0.15) is 11.4 Å². The largest absolute Gasteiger partial charge is 0.506 e. The number of anilines is 1. The van der Waals surface area contributed by atoms with Crippen LogP contribution < -0.4 is 5.06 Å². The Balaban J connectivity index is 2.54. The number of hydroxylamine groups is 1. The van der Waals surface area contributed by atoms with Gasteiger partial charge in [-0.25, -0.2) is 5.06 Å². The number of para-hydroxylation sites is 1. The normalized spacial score (nSPS) is 24.0. The van der Waals surface area contributed by atoms with E-state index in [2.05, 4.69) is 0 Å². The maximum Gasteiger partial charge on any atom is 0.171 e. The van der Waals surface area contributed by atoms with Crippen LogP contribution in [0, 0.1) is 0 Å². The highest BCUT2D eigenvalue weighted by Gasteiger charge is 2.44. The van der Waals surface area contributed by atoms with Gasteiger partial charge in [-0.05, 0) is 18.6 Å². The highest BCUT2D eigenvalue weighted by Crippen LogP contribution is 2.53. The number of hydrogen-bond acceptors (Lipinski definition) is 5. The third-order valence-corrected chi connectivity index (χ3v) is 3.99. The Labute approximate surface area is 91.5 Å². The maximum atomic E-state index is 11.0. The van der Waals surface area contributed by atoms with Crippen molar-refractivity contribution in [2.45, 2.75) is 23.1 Å². The summed E-state index contributed by atoms with van der Waals surface area (Å²) in [6.07, 6.45) is 1.17. The number of hydrogen-bond donors (Lipinski definition) is 2. The highest BCUT2D eigenvalue weighted by atomic mass is 32.2. The van der Waals surface area contributed by atoms with Crippen molar-refractivity contribution in [3.8, 4) is 5.75 Å². The van der Waals surface area contributed by atoms with Gasteiger partial charge < -0.3 is 5.11 Å². The van der Waals surface area contributed by atoms with Gasteiger partial charge in [0.2, 0.25) is 0 Å². The first kappa shape index (κ1) is 10.3. The van der Waals surface area contributed by atoms with E-state index in [9.17, 15) is 15.1 Å². The van der Waals surface area contributed by atoms with Gasteiger partial charge >= 0.3 is 0 Å². The minimum absolute atomic E-state index is 0.0142. The number of nitrogens with zero attached hydrogens (tertiary/aromatic N) is 1. The summed E-state index contributed by atoms with van der Waals surface area (Å²) in [5, 5.41) is 20.3. The molecule has 1 aliphatic heterocycles. The van der Waals surface area contributed by atoms with E-state index in [0.29, 0.717) is 23.3 Å². The lowest BCUT2D eigenvalue weighted by molar-refractivity contribution is -0.111. The maximum absolute atomic E-state index is 11.0. The molecule has 15 heavy (non-hydrogen) atoms. The van der Waals surface area contributed by atoms with E-state index in [1.807, 2.05) is 6.92 Å². The van der Waals surface area contributed by atoms with Gasteiger partial charge in [-0.3, -0.25) is 10.0 Å². The van der Waals surface area contributed by atoms with Crippen molar-refractivity contribution in [1.82, 2.24) is 0 Å². The molecule has 2 rings (SSSR count). The summed E-state index contributed by atoms with van der Waals surface area (Å²) in [5.74, 6) is -0.0142. The van der Waals surface area contributed by atoms with Gasteiger partial charge in [-0.1, -0.05) is 24.8 Å². The number of carbonyl (C=O) groups is 1. The molecule has 2 N–H and O–H groups in total. The topological polar surface area (TPSA) is 60.8 Å². The standard InChI is InChI=1S/C10H11NO3S/c1-2-10(6-12)11(14)9-7(13)4-3-5-8(9)15-10/h3-6,13-14H,2H2,1H3. The van der Waals surface area contributed by atoms with Crippen molar-refractivity contribution in [3.05, 3.63) is 18.2 Å². The van der Waals surface area contributed by atoms with Gasteiger partial charge in [0.05, 0.1) is 0 Å². The molecule has 0 aromatic heterocycles. The third kappa shape index (κ3) is 1.31. The first-order chi connectivity index (χ1) is 7.14. The molecule has 0 bridgehead atoms. The smallest absolute Gasteiger partial charge is 0.171 e. The van der Waals surface area contributed by atoms with Crippen LogP contribution in [-0.4, -0.2) is 21.5 Å². The summed E-state index contributed by atoms with van der Waals surface area (Å²) in [6, 6.07) is 4.94. The van der Waals surface area contributed by atoms with Crippen LogP contribution in [0.25, 0.3) is 0 Å². The zero-order valence-electron chi connectivity index (χ0n) is 8.17.